The van der Waals surface area contributed by atoms with Crippen molar-refractivity contribution in [3.63, 3.8) is 0 Å². The van der Waals surface area contributed by atoms with Gasteiger partial charge in [-0.2, -0.15) is 13.2 Å². The predicted octanol–water partition coefficient (Wildman–Crippen LogP) is 4.73. The largest absolute Gasteiger partial charge is 0.417 e. The number of rotatable bonds is 2. The monoisotopic (exact) mass is 302 g/mol. The molecule has 0 saturated heterocycles. The van der Waals surface area contributed by atoms with E-state index in [2.05, 4.69) is 0 Å². The Hall–Kier alpha value is -1.88. The van der Waals surface area contributed by atoms with Gasteiger partial charge in [0.05, 0.1) is 16.1 Å². The zero-order valence-electron chi connectivity index (χ0n) is 9.84. The van der Waals surface area contributed by atoms with Gasteiger partial charge in [-0.15, -0.1) is 0 Å². The molecule has 104 valence electrons. The number of benzene rings is 2. The number of ketones is 1. The highest BCUT2D eigenvalue weighted by atomic mass is 35.5. The van der Waals surface area contributed by atoms with Crippen molar-refractivity contribution in [3.8, 4) is 0 Å². The van der Waals surface area contributed by atoms with E-state index in [1.54, 1.807) is 0 Å². The van der Waals surface area contributed by atoms with E-state index in [1.165, 1.54) is 18.2 Å². The maximum atomic E-state index is 13.6. The minimum Gasteiger partial charge on any atom is -0.288 e. The fraction of sp³-hybridized carbons (Fsp3) is 0.0714. The van der Waals surface area contributed by atoms with Crippen LogP contribution in [0.25, 0.3) is 0 Å². The lowest BCUT2D eigenvalue weighted by atomic mass is 9.97. The van der Waals surface area contributed by atoms with Gasteiger partial charge in [-0.05, 0) is 18.2 Å². The third-order valence-electron chi connectivity index (χ3n) is 2.67. The maximum absolute atomic E-state index is 13.6. The van der Waals surface area contributed by atoms with E-state index in [4.69, 9.17) is 11.6 Å². The molecule has 0 atom stereocenters. The molecule has 2 aromatic rings. The van der Waals surface area contributed by atoms with Crippen LogP contribution in [0.4, 0.5) is 17.6 Å². The zero-order chi connectivity index (χ0) is 14.9. The van der Waals surface area contributed by atoms with Gasteiger partial charge in [-0.3, -0.25) is 4.79 Å². The van der Waals surface area contributed by atoms with Crippen LogP contribution in [0.1, 0.15) is 21.5 Å². The van der Waals surface area contributed by atoms with Crippen molar-refractivity contribution < 1.29 is 22.4 Å². The van der Waals surface area contributed by atoms with E-state index >= 15 is 0 Å². The Labute approximate surface area is 116 Å². The summed E-state index contributed by atoms with van der Waals surface area (Å²) < 4.78 is 52.2. The van der Waals surface area contributed by atoms with Crippen LogP contribution < -0.4 is 0 Å². The topological polar surface area (TPSA) is 17.1 Å². The van der Waals surface area contributed by atoms with E-state index in [0.717, 1.165) is 24.3 Å². The van der Waals surface area contributed by atoms with Crippen LogP contribution >= 0.6 is 11.6 Å². The van der Waals surface area contributed by atoms with Gasteiger partial charge in [-0.25, -0.2) is 4.39 Å². The second kappa shape index (κ2) is 5.25. The first-order valence-corrected chi connectivity index (χ1v) is 5.85. The fourth-order valence-electron chi connectivity index (χ4n) is 1.78. The average molecular weight is 303 g/mol. The SMILES string of the molecule is O=C(c1ccccc1C(F)(F)F)c1c(F)cccc1Cl. The van der Waals surface area contributed by atoms with Gasteiger partial charge < -0.3 is 0 Å². The molecule has 0 amide bonds. The molecule has 0 heterocycles. The van der Waals surface area contributed by atoms with E-state index in [-0.39, 0.29) is 5.02 Å². The molecule has 1 nitrogen and oxygen atoms in total. The number of halogens is 5. The molecule has 0 spiro atoms. The molecule has 0 radical (unpaired) electrons. The number of hydrogen-bond acceptors (Lipinski definition) is 1. The molecule has 0 N–H and O–H groups in total. The van der Waals surface area contributed by atoms with Crippen LogP contribution in [-0.4, -0.2) is 5.78 Å². The van der Waals surface area contributed by atoms with Crippen LogP contribution in [0.2, 0.25) is 5.02 Å². The van der Waals surface area contributed by atoms with Crippen molar-refractivity contribution in [2.45, 2.75) is 6.18 Å². The first-order valence-electron chi connectivity index (χ1n) is 5.47. The Morgan fingerprint density at radius 3 is 2.25 bits per heavy atom. The Morgan fingerprint density at radius 2 is 1.65 bits per heavy atom. The van der Waals surface area contributed by atoms with Crippen LogP contribution in [-0.2, 0) is 6.18 Å². The fourth-order valence-corrected chi connectivity index (χ4v) is 2.03. The second-order valence-electron chi connectivity index (χ2n) is 3.97. The van der Waals surface area contributed by atoms with Crippen molar-refractivity contribution in [2.24, 2.45) is 0 Å². The number of carbonyl (C=O) groups is 1. The molecular weight excluding hydrogens is 296 g/mol. The van der Waals surface area contributed by atoms with E-state index < -0.39 is 34.5 Å². The summed E-state index contributed by atoms with van der Waals surface area (Å²) in [5.74, 6) is -2.06. The standard InChI is InChI=1S/C14H7ClF4O/c15-10-6-3-7-11(16)12(10)13(20)8-4-1-2-5-9(8)14(17,18)19/h1-7H. The van der Waals surface area contributed by atoms with Crippen molar-refractivity contribution in [1.82, 2.24) is 0 Å². The highest BCUT2D eigenvalue weighted by Crippen LogP contribution is 2.34. The van der Waals surface area contributed by atoms with Crippen LogP contribution in [0, 0.1) is 5.82 Å². The van der Waals surface area contributed by atoms with E-state index in [1.807, 2.05) is 0 Å². The lowest BCUT2D eigenvalue weighted by Crippen LogP contribution is -2.14. The summed E-state index contributed by atoms with van der Waals surface area (Å²) in [7, 11) is 0. The van der Waals surface area contributed by atoms with Crippen molar-refractivity contribution in [2.75, 3.05) is 0 Å². The number of alkyl halides is 3. The third kappa shape index (κ3) is 2.67. The minimum absolute atomic E-state index is 0.230. The van der Waals surface area contributed by atoms with Gasteiger partial charge in [-0.1, -0.05) is 35.9 Å². The molecule has 0 aliphatic rings. The minimum atomic E-state index is -4.70. The summed E-state index contributed by atoms with van der Waals surface area (Å²) in [6.07, 6.45) is -4.70. The van der Waals surface area contributed by atoms with Gasteiger partial charge in [0.2, 0.25) is 0 Å². The zero-order valence-corrected chi connectivity index (χ0v) is 10.6. The Morgan fingerprint density at radius 1 is 1.00 bits per heavy atom. The Balaban J connectivity index is 2.61. The van der Waals surface area contributed by atoms with E-state index in [0.29, 0.717) is 0 Å². The first-order chi connectivity index (χ1) is 9.32. The van der Waals surface area contributed by atoms with E-state index in [9.17, 15) is 22.4 Å². The highest BCUT2D eigenvalue weighted by molar-refractivity contribution is 6.35. The summed E-state index contributed by atoms with van der Waals surface area (Å²) >= 11 is 5.70. The average Bonchev–Trinajstić information content (AvgIpc) is 2.37. The van der Waals surface area contributed by atoms with Gasteiger partial charge in [0.25, 0.3) is 0 Å². The summed E-state index contributed by atoms with van der Waals surface area (Å²) in [6, 6.07) is 7.67. The molecule has 2 rings (SSSR count). The molecule has 6 heteroatoms. The van der Waals surface area contributed by atoms with Gasteiger partial charge in [0.1, 0.15) is 5.82 Å². The summed E-state index contributed by atoms with van der Waals surface area (Å²) in [5, 5.41) is -0.230. The highest BCUT2D eigenvalue weighted by Gasteiger charge is 2.35. The second-order valence-corrected chi connectivity index (χ2v) is 4.38. The normalized spacial score (nSPS) is 11.4. The quantitative estimate of drug-likeness (QED) is 0.579. The molecule has 0 aromatic heterocycles. The number of carbonyl (C=O) groups excluding carboxylic acids is 1. The molecule has 0 bridgehead atoms. The Bertz CT molecular complexity index is 644. The summed E-state index contributed by atoms with van der Waals surface area (Å²) in [4.78, 5) is 12.1. The smallest absolute Gasteiger partial charge is 0.288 e. The van der Waals surface area contributed by atoms with Crippen molar-refractivity contribution in [3.05, 3.63) is 70.0 Å². The predicted molar refractivity (Wildman–Crippen MR) is 66.3 cm³/mol. The molecule has 0 saturated carbocycles. The van der Waals surface area contributed by atoms with Gasteiger partial charge in [0, 0.05) is 5.56 Å². The lowest BCUT2D eigenvalue weighted by Gasteiger charge is -2.12. The summed E-state index contributed by atoms with van der Waals surface area (Å²) in [5.41, 5.74) is -2.32. The maximum Gasteiger partial charge on any atom is 0.417 e. The van der Waals surface area contributed by atoms with Crippen molar-refractivity contribution >= 4 is 17.4 Å². The molecule has 20 heavy (non-hydrogen) atoms. The molecule has 2 aromatic carbocycles. The summed E-state index contributed by atoms with van der Waals surface area (Å²) in [6.45, 7) is 0. The molecular formula is C14H7ClF4O. The molecule has 0 unspecified atom stereocenters. The third-order valence-corrected chi connectivity index (χ3v) is 2.98. The van der Waals surface area contributed by atoms with Crippen LogP contribution in [0.15, 0.2) is 42.5 Å². The van der Waals surface area contributed by atoms with Crippen LogP contribution in [0.3, 0.4) is 0 Å². The first kappa shape index (κ1) is 14.5. The lowest BCUT2D eigenvalue weighted by molar-refractivity contribution is -0.137. The molecule has 0 fully saturated rings. The van der Waals surface area contributed by atoms with Gasteiger partial charge >= 0.3 is 6.18 Å². The number of hydrogen-bond donors (Lipinski definition) is 0. The Kier molecular flexibility index (Phi) is 3.81. The molecule has 0 aliphatic heterocycles. The van der Waals surface area contributed by atoms with Crippen LogP contribution in [0.5, 0.6) is 0 Å². The van der Waals surface area contributed by atoms with Gasteiger partial charge in [0.15, 0.2) is 5.78 Å². The molecule has 0 aliphatic carbocycles. The van der Waals surface area contributed by atoms with Crippen molar-refractivity contribution in [1.29, 1.82) is 0 Å².